The number of thioether (sulfide) groups is 1. The van der Waals surface area contributed by atoms with E-state index in [4.69, 9.17) is 0 Å². The molecule has 2 N–H and O–H groups in total. The molecule has 2 aromatic rings. The maximum absolute atomic E-state index is 12.1. The second-order valence-electron chi connectivity index (χ2n) is 6.39. The van der Waals surface area contributed by atoms with Crippen LogP contribution < -0.4 is 10.6 Å². The molecule has 4 nitrogen and oxygen atoms in total. The smallest absolute Gasteiger partial charge is 0.234 e. The van der Waals surface area contributed by atoms with Crippen LogP contribution in [0.2, 0.25) is 0 Å². The lowest BCUT2D eigenvalue weighted by Crippen LogP contribution is -2.15. The SMILES string of the molecule is Cc1ccc(NC(=O)CSCCCC(=O)Nc2c(C)cccc2C)cc1. The summed E-state index contributed by atoms with van der Waals surface area (Å²) in [7, 11) is 0. The van der Waals surface area contributed by atoms with E-state index in [0.717, 1.165) is 40.2 Å². The standard InChI is InChI=1S/C21H26N2O2S/c1-15-9-11-18(12-10-15)22-20(25)14-26-13-5-8-19(24)23-21-16(2)6-4-7-17(21)3/h4,6-7,9-12H,5,8,13-14H2,1-3H3,(H,22,25)(H,23,24). The number of hydrogen-bond donors (Lipinski definition) is 2. The lowest BCUT2D eigenvalue weighted by atomic mass is 10.1. The molecule has 2 rings (SSSR count). The van der Waals surface area contributed by atoms with Crippen molar-refractivity contribution in [3.8, 4) is 0 Å². The first-order valence-electron chi connectivity index (χ1n) is 8.76. The third kappa shape index (κ3) is 6.56. The third-order valence-electron chi connectivity index (χ3n) is 4.01. The van der Waals surface area contributed by atoms with Crippen LogP contribution >= 0.6 is 11.8 Å². The van der Waals surface area contributed by atoms with Gasteiger partial charge in [-0.15, -0.1) is 0 Å². The van der Waals surface area contributed by atoms with Crippen molar-refractivity contribution in [2.75, 3.05) is 22.1 Å². The highest BCUT2D eigenvalue weighted by molar-refractivity contribution is 7.99. The van der Waals surface area contributed by atoms with Gasteiger partial charge in [0.2, 0.25) is 11.8 Å². The zero-order valence-corrected chi connectivity index (χ0v) is 16.4. The summed E-state index contributed by atoms with van der Waals surface area (Å²) < 4.78 is 0. The third-order valence-corrected chi connectivity index (χ3v) is 5.05. The van der Waals surface area contributed by atoms with E-state index in [1.807, 2.05) is 63.2 Å². The summed E-state index contributed by atoms with van der Waals surface area (Å²) in [6.45, 7) is 5.99. The highest BCUT2D eigenvalue weighted by Crippen LogP contribution is 2.20. The maximum atomic E-state index is 12.1. The minimum absolute atomic E-state index is 0.0150. The summed E-state index contributed by atoms with van der Waals surface area (Å²) in [5.41, 5.74) is 5.02. The Balaban J connectivity index is 1.63. The first-order chi connectivity index (χ1) is 12.5. The number of carbonyl (C=O) groups is 2. The van der Waals surface area contributed by atoms with Gasteiger partial charge in [-0.1, -0.05) is 35.9 Å². The summed E-state index contributed by atoms with van der Waals surface area (Å²) in [4.78, 5) is 24.0. The average molecular weight is 371 g/mol. The Labute approximate surface area is 159 Å². The summed E-state index contributed by atoms with van der Waals surface area (Å²) in [5, 5.41) is 5.86. The molecular formula is C21H26N2O2S. The first-order valence-corrected chi connectivity index (χ1v) is 9.91. The fourth-order valence-corrected chi connectivity index (χ4v) is 3.30. The van der Waals surface area contributed by atoms with Crippen molar-refractivity contribution in [2.45, 2.75) is 33.6 Å². The Hall–Kier alpha value is -2.27. The fourth-order valence-electron chi connectivity index (χ4n) is 2.55. The molecule has 0 unspecified atom stereocenters. The van der Waals surface area contributed by atoms with Crippen molar-refractivity contribution >= 4 is 35.0 Å². The van der Waals surface area contributed by atoms with Crippen LogP contribution in [0.15, 0.2) is 42.5 Å². The van der Waals surface area contributed by atoms with E-state index >= 15 is 0 Å². The van der Waals surface area contributed by atoms with Gasteiger partial charge in [-0.25, -0.2) is 0 Å². The van der Waals surface area contributed by atoms with Crippen LogP contribution in [0.5, 0.6) is 0 Å². The van der Waals surface area contributed by atoms with Crippen LogP contribution in [0.25, 0.3) is 0 Å². The van der Waals surface area contributed by atoms with Crippen molar-refractivity contribution in [1.82, 2.24) is 0 Å². The topological polar surface area (TPSA) is 58.2 Å². The molecule has 2 aromatic carbocycles. The van der Waals surface area contributed by atoms with Gasteiger partial charge in [0.05, 0.1) is 5.75 Å². The van der Waals surface area contributed by atoms with Crippen molar-refractivity contribution < 1.29 is 9.59 Å². The molecule has 0 aliphatic heterocycles. The molecule has 0 aliphatic carbocycles. The van der Waals surface area contributed by atoms with Crippen LogP contribution in [0, 0.1) is 20.8 Å². The van der Waals surface area contributed by atoms with Gasteiger partial charge in [0, 0.05) is 17.8 Å². The second-order valence-corrected chi connectivity index (χ2v) is 7.49. The number of aryl methyl sites for hydroxylation is 3. The van der Waals surface area contributed by atoms with Gasteiger partial charge in [0.15, 0.2) is 0 Å². The van der Waals surface area contributed by atoms with Crippen molar-refractivity contribution in [3.05, 3.63) is 59.2 Å². The average Bonchev–Trinajstić information content (AvgIpc) is 2.60. The Bertz CT molecular complexity index is 737. The number of carbonyl (C=O) groups excluding carboxylic acids is 2. The number of benzene rings is 2. The fraction of sp³-hybridized carbons (Fsp3) is 0.333. The molecule has 0 saturated carbocycles. The van der Waals surface area contributed by atoms with E-state index < -0.39 is 0 Å². The van der Waals surface area contributed by atoms with Crippen molar-refractivity contribution in [3.63, 3.8) is 0 Å². The highest BCUT2D eigenvalue weighted by atomic mass is 32.2. The predicted molar refractivity (Wildman–Crippen MR) is 111 cm³/mol. The van der Waals surface area contributed by atoms with Crippen LogP contribution in [0.3, 0.4) is 0 Å². The summed E-state index contributed by atoms with van der Waals surface area (Å²) in [5.74, 6) is 1.18. The largest absolute Gasteiger partial charge is 0.326 e. The summed E-state index contributed by atoms with van der Waals surface area (Å²) in [6, 6.07) is 13.7. The van der Waals surface area contributed by atoms with Gasteiger partial charge in [-0.05, 0) is 56.2 Å². The summed E-state index contributed by atoms with van der Waals surface area (Å²) >= 11 is 1.55. The van der Waals surface area contributed by atoms with E-state index in [-0.39, 0.29) is 11.8 Å². The molecule has 0 fully saturated rings. The number of hydrogen-bond acceptors (Lipinski definition) is 3. The van der Waals surface area contributed by atoms with Crippen LogP contribution in [-0.2, 0) is 9.59 Å². The number of anilines is 2. The van der Waals surface area contributed by atoms with Gasteiger partial charge in [0.1, 0.15) is 0 Å². The lowest BCUT2D eigenvalue weighted by molar-refractivity contribution is -0.116. The number of nitrogens with one attached hydrogen (secondary N) is 2. The first kappa shape index (κ1) is 20.0. The highest BCUT2D eigenvalue weighted by Gasteiger charge is 2.08. The Morgan fingerprint density at radius 2 is 1.54 bits per heavy atom. The molecule has 0 atom stereocenters. The van der Waals surface area contributed by atoms with Gasteiger partial charge in [-0.3, -0.25) is 9.59 Å². The molecule has 0 aliphatic rings. The molecule has 0 radical (unpaired) electrons. The molecule has 0 bridgehead atoms. The summed E-state index contributed by atoms with van der Waals surface area (Å²) in [6.07, 6.45) is 1.21. The van der Waals surface area contributed by atoms with Gasteiger partial charge < -0.3 is 10.6 Å². The quantitative estimate of drug-likeness (QED) is 0.662. The molecule has 138 valence electrons. The van der Waals surface area contributed by atoms with Gasteiger partial charge in [0.25, 0.3) is 0 Å². The van der Waals surface area contributed by atoms with E-state index in [9.17, 15) is 9.59 Å². The van der Waals surface area contributed by atoms with Crippen molar-refractivity contribution in [2.24, 2.45) is 0 Å². The van der Waals surface area contributed by atoms with Crippen LogP contribution in [0.4, 0.5) is 11.4 Å². The predicted octanol–water partition coefficient (Wildman–Crippen LogP) is 4.70. The number of para-hydroxylation sites is 1. The van der Waals surface area contributed by atoms with Gasteiger partial charge in [-0.2, -0.15) is 11.8 Å². The minimum atomic E-state index is -0.0150. The second kappa shape index (κ2) is 10.0. The van der Waals surface area contributed by atoms with E-state index in [1.54, 1.807) is 11.8 Å². The number of rotatable bonds is 8. The molecule has 0 aromatic heterocycles. The molecular weight excluding hydrogens is 344 g/mol. The molecule has 0 saturated heterocycles. The zero-order valence-electron chi connectivity index (χ0n) is 15.6. The van der Waals surface area contributed by atoms with E-state index in [1.165, 1.54) is 0 Å². The van der Waals surface area contributed by atoms with E-state index in [2.05, 4.69) is 10.6 Å². The molecule has 26 heavy (non-hydrogen) atoms. The normalized spacial score (nSPS) is 10.4. The minimum Gasteiger partial charge on any atom is -0.326 e. The van der Waals surface area contributed by atoms with Crippen LogP contribution in [-0.4, -0.2) is 23.3 Å². The zero-order chi connectivity index (χ0) is 18.9. The molecule has 0 heterocycles. The monoisotopic (exact) mass is 370 g/mol. The number of amides is 2. The van der Waals surface area contributed by atoms with Crippen molar-refractivity contribution in [1.29, 1.82) is 0 Å². The molecule has 5 heteroatoms. The van der Waals surface area contributed by atoms with Gasteiger partial charge >= 0.3 is 0 Å². The van der Waals surface area contributed by atoms with E-state index in [0.29, 0.717) is 12.2 Å². The molecule has 0 spiro atoms. The van der Waals surface area contributed by atoms with Crippen LogP contribution in [0.1, 0.15) is 29.5 Å². The Kier molecular flexibility index (Phi) is 7.73. The maximum Gasteiger partial charge on any atom is 0.234 e. The Morgan fingerprint density at radius 3 is 2.19 bits per heavy atom. The lowest BCUT2D eigenvalue weighted by Gasteiger charge is -2.11. The Morgan fingerprint density at radius 1 is 0.885 bits per heavy atom. The molecule has 2 amide bonds.